The quantitative estimate of drug-likeness (QED) is 0.782. The summed E-state index contributed by atoms with van der Waals surface area (Å²) in [7, 11) is 3.69. The fourth-order valence-electron chi connectivity index (χ4n) is 7.40. The molecule has 1 amide bonds. The van der Waals surface area contributed by atoms with Gasteiger partial charge in [-0.25, -0.2) is 0 Å². The highest BCUT2D eigenvalue weighted by molar-refractivity contribution is 5.91. The average molecular weight is 360 g/mol. The molecule has 1 N–H and O–H groups in total. The Balaban J connectivity index is 1.69. The topological polar surface area (TPSA) is 57.6 Å². The average Bonchev–Trinajstić information content (AvgIpc) is 2.90. The van der Waals surface area contributed by atoms with Crippen molar-refractivity contribution in [2.24, 2.45) is 34.5 Å². The fourth-order valence-corrected chi connectivity index (χ4v) is 7.40. The van der Waals surface area contributed by atoms with Gasteiger partial charge in [0.1, 0.15) is 0 Å². The minimum Gasteiger partial charge on any atom is -0.393 e. The largest absolute Gasteiger partial charge is 0.393 e. The molecule has 0 spiro atoms. The Morgan fingerprint density at radius 1 is 1.19 bits per heavy atom. The lowest BCUT2D eigenvalue weighted by Gasteiger charge is -2.59. The summed E-state index contributed by atoms with van der Waals surface area (Å²) in [5, 5.41) is 11.3. The third-order valence-electron chi connectivity index (χ3n) is 8.63. The second-order valence-electron chi connectivity index (χ2n) is 10.0. The zero-order valence-electron chi connectivity index (χ0n) is 16.6. The van der Waals surface area contributed by atoms with Crippen LogP contribution < -0.4 is 0 Å². The molecule has 6 unspecified atom stereocenters. The SMILES string of the molecule is CN(C)C(=O)[C@H]1CCC2C3CCC4=CC(=O)CCC4(C)C3C(O)CC21C. The van der Waals surface area contributed by atoms with Crippen LogP contribution in [-0.2, 0) is 9.59 Å². The van der Waals surface area contributed by atoms with Crippen molar-refractivity contribution in [3.05, 3.63) is 11.6 Å². The van der Waals surface area contributed by atoms with Gasteiger partial charge < -0.3 is 10.0 Å². The summed E-state index contributed by atoms with van der Waals surface area (Å²) >= 11 is 0. The highest BCUT2D eigenvalue weighted by Gasteiger charge is 2.63. The lowest BCUT2D eigenvalue weighted by atomic mass is 9.46. The lowest BCUT2D eigenvalue weighted by molar-refractivity contribution is -0.151. The molecule has 3 saturated carbocycles. The van der Waals surface area contributed by atoms with Crippen molar-refractivity contribution in [1.29, 1.82) is 0 Å². The number of carbonyl (C=O) groups is 2. The molecule has 0 aliphatic heterocycles. The first-order valence-corrected chi connectivity index (χ1v) is 10.3. The second-order valence-corrected chi connectivity index (χ2v) is 10.0. The van der Waals surface area contributed by atoms with Crippen molar-refractivity contribution in [3.63, 3.8) is 0 Å². The number of hydrogen-bond donors (Lipinski definition) is 1. The molecule has 0 aromatic heterocycles. The van der Waals surface area contributed by atoms with Crippen LogP contribution in [0.3, 0.4) is 0 Å². The van der Waals surface area contributed by atoms with Crippen molar-refractivity contribution < 1.29 is 14.7 Å². The maximum atomic E-state index is 12.8. The van der Waals surface area contributed by atoms with Crippen LogP contribution in [0.15, 0.2) is 11.6 Å². The highest BCUT2D eigenvalue weighted by Crippen LogP contribution is 2.66. The smallest absolute Gasteiger partial charge is 0.225 e. The number of carbonyl (C=O) groups excluding carboxylic acids is 2. The summed E-state index contributed by atoms with van der Waals surface area (Å²) in [5.41, 5.74) is 1.14. The Kier molecular flexibility index (Phi) is 4.15. The summed E-state index contributed by atoms with van der Waals surface area (Å²) < 4.78 is 0. The van der Waals surface area contributed by atoms with Crippen LogP contribution in [0.1, 0.15) is 58.8 Å². The third-order valence-corrected chi connectivity index (χ3v) is 8.63. The molecule has 4 aliphatic rings. The molecule has 144 valence electrons. The van der Waals surface area contributed by atoms with E-state index >= 15 is 0 Å². The van der Waals surface area contributed by atoms with Gasteiger partial charge in [0.2, 0.25) is 5.91 Å². The zero-order chi connectivity index (χ0) is 18.9. The van der Waals surface area contributed by atoms with E-state index in [1.54, 1.807) is 4.90 Å². The number of ketones is 1. The van der Waals surface area contributed by atoms with E-state index in [4.69, 9.17) is 0 Å². The number of hydrogen-bond acceptors (Lipinski definition) is 3. The van der Waals surface area contributed by atoms with Gasteiger partial charge in [-0.1, -0.05) is 19.4 Å². The number of allylic oxidation sites excluding steroid dienone is 1. The first kappa shape index (κ1) is 18.2. The molecule has 4 aliphatic carbocycles. The molecular weight excluding hydrogens is 326 g/mol. The van der Waals surface area contributed by atoms with E-state index in [2.05, 4.69) is 13.8 Å². The summed E-state index contributed by atoms with van der Waals surface area (Å²) in [6, 6.07) is 0. The summed E-state index contributed by atoms with van der Waals surface area (Å²) in [6.07, 6.45) is 7.80. The number of fused-ring (bicyclic) bond motifs is 5. The normalized spacial score (nSPS) is 47.5. The molecule has 4 heteroatoms. The van der Waals surface area contributed by atoms with Crippen molar-refractivity contribution in [2.75, 3.05) is 14.1 Å². The number of nitrogens with zero attached hydrogens (tertiary/aromatic N) is 1. The number of aliphatic hydroxyl groups excluding tert-OH is 1. The summed E-state index contributed by atoms with van der Waals surface area (Å²) in [4.78, 5) is 26.5. The minimum absolute atomic E-state index is 0.0378. The van der Waals surface area contributed by atoms with Crippen molar-refractivity contribution in [2.45, 2.75) is 64.9 Å². The van der Waals surface area contributed by atoms with E-state index in [-0.39, 0.29) is 40.5 Å². The summed E-state index contributed by atoms with van der Waals surface area (Å²) in [5.74, 6) is 1.74. The maximum Gasteiger partial charge on any atom is 0.225 e. The van der Waals surface area contributed by atoms with E-state index < -0.39 is 0 Å². The molecule has 0 saturated heterocycles. The molecule has 0 bridgehead atoms. The van der Waals surface area contributed by atoms with Gasteiger partial charge in [0, 0.05) is 26.4 Å². The third kappa shape index (κ3) is 2.37. The van der Waals surface area contributed by atoms with Crippen LogP contribution in [0.5, 0.6) is 0 Å². The van der Waals surface area contributed by atoms with Crippen LogP contribution in [0, 0.1) is 34.5 Å². The predicted octanol–water partition coefficient (Wildman–Crippen LogP) is 3.19. The van der Waals surface area contributed by atoms with Crippen LogP contribution in [-0.4, -0.2) is 41.9 Å². The second kappa shape index (κ2) is 5.92. The van der Waals surface area contributed by atoms with Gasteiger partial charge in [0.05, 0.1) is 6.10 Å². The molecule has 4 rings (SSSR count). The molecule has 26 heavy (non-hydrogen) atoms. The first-order chi connectivity index (χ1) is 12.2. The Hall–Kier alpha value is -1.16. The van der Waals surface area contributed by atoms with Crippen LogP contribution in [0.25, 0.3) is 0 Å². The minimum atomic E-state index is -0.376. The molecule has 3 fully saturated rings. The Labute approximate surface area is 157 Å². The van der Waals surface area contributed by atoms with Gasteiger partial charge in [0.25, 0.3) is 0 Å². The van der Waals surface area contributed by atoms with E-state index in [0.717, 1.165) is 38.5 Å². The fraction of sp³-hybridized carbons (Fsp3) is 0.818. The number of amides is 1. The van der Waals surface area contributed by atoms with Gasteiger partial charge >= 0.3 is 0 Å². The van der Waals surface area contributed by atoms with Crippen LogP contribution >= 0.6 is 0 Å². The molecule has 0 heterocycles. The molecule has 0 aromatic rings. The standard InChI is InChI=1S/C22H33NO3/c1-21-10-9-14(24)11-13(21)5-6-15-16-7-8-17(20(26)23(3)4)22(16,2)12-18(25)19(15)21/h11,15-19,25H,5-10,12H2,1-4H3/t15?,16?,17-,18?,19?,21?,22?/m1/s1. The lowest BCUT2D eigenvalue weighted by Crippen LogP contribution is -2.57. The van der Waals surface area contributed by atoms with Crippen molar-refractivity contribution in [3.8, 4) is 0 Å². The monoisotopic (exact) mass is 359 g/mol. The Bertz CT molecular complexity index is 668. The van der Waals surface area contributed by atoms with Gasteiger partial charge in [-0.3, -0.25) is 9.59 Å². The van der Waals surface area contributed by atoms with E-state index in [1.165, 1.54) is 5.57 Å². The van der Waals surface area contributed by atoms with Gasteiger partial charge in [-0.15, -0.1) is 0 Å². The summed E-state index contributed by atoms with van der Waals surface area (Å²) in [6.45, 7) is 4.54. The Morgan fingerprint density at radius 3 is 2.62 bits per heavy atom. The van der Waals surface area contributed by atoms with E-state index in [9.17, 15) is 14.7 Å². The number of rotatable bonds is 1. The number of aliphatic hydroxyl groups is 1. The highest BCUT2D eigenvalue weighted by atomic mass is 16.3. The van der Waals surface area contributed by atoms with Crippen molar-refractivity contribution >= 4 is 11.7 Å². The molecule has 7 atom stereocenters. The maximum absolute atomic E-state index is 12.8. The molecule has 0 radical (unpaired) electrons. The van der Waals surface area contributed by atoms with E-state index in [1.807, 2.05) is 20.2 Å². The van der Waals surface area contributed by atoms with Crippen LogP contribution in [0.2, 0.25) is 0 Å². The van der Waals surface area contributed by atoms with Crippen molar-refractivity contribution in [1.82, 2.24) is 4.90 Å². The Morgan fingerprint density at radius 2 is 1.92 bits per heavy atom. The molecule has 0 aromatic carbocycles. The van der Waals surface area contributed by atoms with Gasteiger partial charge in [-0.05, 0) is 73.2 Å². The first-order valence-electron chi connectivity index (χ1n) is 10.3. The predicted molar refractivity (Wildman–Crippen MR) is 100 cm³/mol. The van der Waals surface area contributed by atoms with Crippen LogP contribution in [0.4, 0.5) is 0 Å². The molecular formula is C22H33NO3. The van der Waals surface area contributed by atoms with Gasteiger partial charge in [0.15, 0.2) is 5.78 Å². The van der Waals surface area contributed by atoms with E-state index in [0.29, 0.717) is 18.3 Å². The molecule has 4 nitrogen and oxygen atoms in total. The zero-order valence-corrected chi connectivity index (χ0v) is 16.6. The van der Waals surface area contributed by atoms with Gasteiger partial charge in [-0.2, -0.15) is 0 Å².